The molecule has 0 aromatic carbocycles. The van der Waals surface area contributed by atoms with Crippen molar-refractivity contribution in [1.29, 1.82) is 0 Å². The van der Waals surface area contributed by atoms with Crippen LogP contribution in [0, 0.1) is 5.92 Å². The lowest BCUT2D eigenvalue weighted by Crippen LogP contribution is -2.42. The van der Waals surface area contributed by atoms with Crippen molar-refractivity contribution in [1.82, 2.24) is 14.8 Å². The van der Waals surface area contributed by atoms with E-state index in [1.54, 1.807) is 6.20 Å². The molecule has 0 unspecified atom stereocenters. The molecule has 6 nitrogen and oxygen atoms in total. The number of carbonyl (C=O) groups excluding carboxylic acids is 2. The maximum Gasteiger partial charge on any atom is 0.255 e. The Hall–Kier alpha value is -2.11. The summed E-state index contributed by atoms with van der Waals surface area (Å²) in [5.41, 5.74) is 0.679. The van der Waals surface area contributed by atoms with Crippen LogP contribution in [0.4, 0.5) is 5.82 Å². The number of likely N-dealkylation sites (tertiary alicyclic amines) is 2. The van der Waals surface area contributed by atoms with Crippen molar-refractivity contribution in [2.24, 2.45) is 5.92 Å². The first kappa shape index (κ1) is 18.3. The van der Waals surface area contributed by atoms with Gasteiger partial charge in [0.2, 0.25) is 5.91 Å². The SMILES string of the molecule is C[C@@H]1CCCN1c1ccc(C(=O)N2CCC(CN3CCCC3=O)CC2)cn1. The molecule has 1 atom stereocenters. The quantitative estimate of drug-likeness (QED) is 0.817. The van der Waals surface area contributed by atoms with Gasteiger partial charge in [0.25, 0.3) is 5.91 Å². The Labute approximate surface area is 161 Å². The van der Waals surface area contributed by atoms with Crippen molar-refractivity contribution < 1.29 is 9.59 Å². The van der Waals surface area contributed by atoms with E-state index in [0.29, 0.717) is 29.9 Å². The highest BCUT2D eigenvalue weighted by atomic mass is 16.2. The molecule has 6 heteroatoms. The fourth-order valence-corrected chi connectivity index (χ4v) is 4.67. The van der Waals surface area contributed by atoms with Gasteiger partial charge in [-0.1, -0.05) is 0 Å². The van der Waals surface area contributed by atoms with Crippen molar-refractivity contribution in [3.05, 3.63) is 23.9 Å². The molecule has 4 heterocycles. The van der Waals surface area contributed by atoms with Gasteiger partial charge in [0, 0.05) is 51.4 Å². The standard InChI is InChI=1S/C21H30N4O2/c1-16-4-2-11-25(16)19-7-6-18(14-22-19)21(27)23-12-8-17(9-13-23)15-24-10-3-5-20(24)26/h6-7,14,16-17H,2-5,8-13,15H2,1H3/t16-/m1/s1. The zero-order valence-corrected chi connectivity index (χ0v) is 16.3. The van der Waals surface area contributed by atoms with Crippen molar-refractivity contribution in [3.63, 3.8) is 0 Å². The van der Waals surface area contributed by atoms with Crippen LogP contribution in [0.15, 0.2) is 18.3 Å². The molecule has 4 rings (SSSR count). The Morgan fingerprint density at radius 2 is 1.93 bits per heavy atom. The van der Waals surface area contributed by atoms with Gasteiger partial charge in [-0.3, -0.25) is 9.59 Å². The summed E-state index contributed by atoms with van der Waals surface area (Å²) >= 11 is 0. The third-order valence-corrected chi connectivity index (χ3v) is 6.39. The van der Waals surface area contributed by atoms with Crippen molar-refractivity contribution in [3.8, 4) is 0 Å². The van der Waals surface area contributed by atoms with Crippen LogP contribution < -0.4 is 4.90 Å². The minimum absolute atomic E-state index is 0.0826. The molecule has 0 aliphatic carbocycles. The van der Waals surface area contributed by atoms with E-state index in [2.05, 4.69) is 16.8 Å². The molecule has 3 aliphatic rings. The lowest BCUT2D eigenvalue weighted by atomic mass is 9.96. The molecule has 0 saturated carbocycles. The summed E-state index contributed by atoms with van der Waals surface area (Å²) in [5.74, 6) is 1.88. The highest BCUT2D eigenvalue weighted by Gasteiger charge is 2.28. The normalized spacial score (nSPS) is 24.1. The van der Waals surface area contributed by atoms with Crippen molar-refractivity contribution >= 4 is 17.6 Å². The summed E-state index contributed by atoms with van der Waals surface area (Å²) < 4.78 is 0. The van der Waals surface area contributed by atoms with Crippen LogP contribution in [0.25, 0.3) is 0 Å². The highest BCUT2D eigenvalue weighted by molar-refractivity contribution is 5.94. The van der Waals surface area contributed by atoms with Crippen LogP contribution >= 0.6 is 0 Å². The molecule has 3 saturated heterocycles. The smallest absolute Gasteiger partial charge is 0.255 e. The van der Waals surface area contributed by atoms with E-state index in [9.17, 15) is 9.59 Å². The average molecular weight is 370 g/mol. The first-order chi connectivity index (χ1) is 13.1. The molecule has 0 N–H and O–H groups in total. The average Bonchev–Trinajstić information content (AvgIpc) is 3.30. The number of anilines is 1. The van der Waals surface area contributed by atoms with E-state index in [4.69, 9.17) is 0 Å². The topological polar surface area (TPSA) is 56.8 Å². The van der Waals surface area contributed by atoms with Gasteiger partial charge in [0.05, 0.1) is 5.56 Å². The Bertz CT molecular complexity index is 682. The minimum atomic E-state index is 0.0826. The second-order valence-electron chi connectivity index (χ2n) is 8.27. The van der Waals surface area contributed by atoms with Crippen LogP contribution in [0.3, 0.4) is 0 Å². The van der Waals surface area contributed by atoms with Gasteiger partial charge in [-0.25, -0.2) is 4.98 Å². The fourth-order valence-electron chi connectivity index (χ4n) is 4.67. The molecule has 0 spiro atoms. The monoisotopic (exact) mass is 370 g/mol. The van der Waals surface area contributed by atoms with Crippen molar-refractivity contribution in [2.75, 3.05) is 37.6 Å². The summed E-state index contributed by atoms with van der Waals surface area (Å²) in [6.45, 7) is 6.60. The maximum absolute atomic E-state index is 12.8. The lowest BCUT2D eigenvalue weighted by Gasteiger charge is -2.34. The maximum atomic E-state index is 12.8. The number of hydrogen-bond acceptors (Lipinski definition) is 4. The molecule has 3 fully saturated rings. The van der Waals surface area contributed by atoms with Crippen LogP contribution in [0.2, 0.25) is 0 Å². The van der Waals surface area contributed by atoms with E-state index in [-0.39, 0.29) is 5.91 Å². The summed E-state index contributed by atoms with van der Waals surface area (Å²) in [7, 11) is 0. The van der Waals surface area contributed by atoms with Crippen molar-refractivity contribution in [2.45, 2.75) is 51.5 Å². The zero-order chi connectivity index (χ0) is 18.8. The minimum Gasteiger partial charge on any atom is -0.354 e. The van der Waals surface area contributed by atoms with E-state index in [1.807, 2.05) is 21.9 Å². The molecule has 27 heavy (non-hydrogen) atoms. The molecule has 2 amide bonds. The number of amides is 2. The van der Waals surface area contributed by atoms with Gasteiger partial charge in [-0.15, -0.1) is 0 Å². The third kappa shape index (κ3) is 3.94. The van der Waals surface area contributed by atoms with Gasteiger partial charge >= 0.3 is 0 Å². The lowest BCUT2D eigenvalue weighted by molar-refractivity contribution is -0.128. The Morgan fingerprint density at radius 3 is 2.52 bits per heavy atom. The zero-order valence-electron chi connectivity index (χ0n) is 16.3. The van der Waals surface area contributed by atoms with Crippen LogP contribution in [0.1, 0.15) is 55.8 Å². The molecule has 0 bridgehead atoms. The molecular formula is C21H30N4O2. The molecule has 3 aliphatic heterocycles. The third-order valence-electron chi connectivity index (χ3n) is 6.39. The first-order valence-electron chi connectivity index (χ1n) is 10.4. The molecule has 0 radical (unpaired) electrons. The number of rotatable bonds is 4. The highest BCUT2D eigenvalue weighted by Crippen LogP contribution is 2.25. The van der Waals surface area contributed by atoms with Gasteiger partial charge in [0.15, 0.2) is 0 Å². The Balaban J connectivity index is 1.30. The largest absolute Gasteiger partial charge is 0.354 e. The fraction of sp³-hybridized carbons (Fsp3) is 0.667. The van der Waals surface area contributed by atoms with Crippen LogP contribution in [0.5, 0.6) is 0 Å². The Kier molecular flexibility index (Phi) is 5.32. The predicted molar refractivity (Wildman–Crippen MR) is 105 cm³/mol. The number of carbonyl (C=O) groups is 2. The number of aromatic nitrogens is 1. The molecule has 146 valence electrons. The van der Waals surface area contributed by atoms with Crippen LogP contribution in [-0.4, -0.2) is 65.4 Å². The summed E-state index contributed by atoms with van der Waals surface area (Å²) in [6.07, 6.45) is 7.81. The van der Waals surface area contributed by atoms with Gasteiger partial charge in [-0.2, -0.15) is 0 Å². The predicted octanol–water partition coefficient (Wildman–Crippen LogP) is 2.54. The first-order valence-corrected chi connectivity index (χ1v) is 10.4. The van der Waals surface area contributed by atoms with E-state index in [1.165, 1.54) is 12.8 Å². The number of piperidine rings is 1. The Morgan fingerprint density at radius 1 is 1.11 bits per heavy atom. The molecule has 1 aromatic rings. The second-order valence-corrected chi connectivity index (χ2v) is 8.27. The van der Waals surface area contributed by atoms with E-state index >= 15 is 0 Å². The second kappa shape index (κ2) is 7.87. The summed E-state index contributed by atoms with van der Waals surface area (Å²) in [4.78, 5) is 35.4. The number of pyridine rings is 1. The molecule has 1 aromatic heterocycles. The van der Waals surface area contributed by atoms with Gasteiger partial charge in [-0.05, 0) is 57.1 Å². The van der Waals surface area contributed by atoms with E-state index < -0.39 is 0 Å². The van der Waals surface area contributed by atoms with Gasteiger partial charge < -0.3 is 14.7 Å². The molecular weight excluding hydrogens is 340 g/mol. The van der Waals surface area contributed by atoms with Gasteiger partial charge in [0.1, 0.15) is 5.82 Å². The van der Waals surface area contributed by atoms with E-state index in [0.717, 1.165) is 57.8 Å². The number of hydrogen-bond donors (Lipinski definition) is 0. The summed E-state index contributed by atoms with van der Waals surface area (Å²) in [5, 5.41) is 0. The number of nitrogens with zero attached hydrogens (tertiary/aromatic N) is 4. The summed E-state index contributed by atoms with van der Waals surface area (Å²) in [6, 6.07) is 4.44. The van der Waals surface area contributed by atoms with Crippen LogP contribution in [-0.2, 0) is 4.79 Å².